The van der Waals surface area contributed by atoms with Crippen molar-refractivity contribution in [2.24, 2.45) is 11.5 Å². The van der Waals surface area contributed by atoms with Crippen molar-refractivity contribution in [3.63, 3.8) is 0 Å². The standard InChI is InChI=1S/C50H2.C22H26N8O7/c1-3-5-7-9-11-13-15-17-19-21-23-25-27-29-31-33-35-37-39-41-43-45-47-49-50-48-46-44-42-40-38-36-34-32-30-28-26-24-22-20-18-16-14-12-10-8-6-4-2;23-19-27-17-11(8-29-14(31)4-5-15(29)32)25-20(24)30-9-13(22(34,35)21(17,30)28-19)26-18(33)10-2-1-3-12-16(10)37-7-6-36-12/h1-2H;1-3,11,13,17,34-35H,4-9H2,(H6,23,24,25,26,27,28,33)/p+2/t;11-,13?,17-,21?/m.0/s1. The first-order valence-electron chi connectivity index (χ1n) is 24.3. The van der Waals surface area contributed by atoms with E-state index in [0.717, 1.165) is 4.90 Å². The summed E-state index contributed by atoms with van der Waals surface area (Å²) in [5.74, 6) is 115. The van der Waals surface area contributed by atoms with Crippen molar-refractivity contribution in [3.05, 3.63) is 23.8 Å². The average Bonchev–Trinajstić information content (AvgIpc) is 1.61. The number of guanidine groups is 2. The summed E-state index contributed by atoms with van der Waals surface area (Å²) in [6.45, 7) is 0.455. The molecule has 0 bridgehead atoms. The van der Waals surface area contributed by atoms with Crippen LogP contribution in [0.25, 0.3) is 0 Å². The van der Waals surface area contributed by atoms with Gasteiger partial charge in [-0.2, -0.15) is 0 Å². The molecule has 3 amide bonds. The van der Waals surface area contributed by atoms with E-state index in [9.17, 15) is 24.6 Å². The van der Waals surface area contributed by atoms with Crippen LogP contribution in [0.1, 0.15) is 23.2 Å². The van der Waals surface area contributed by atoms with Gasteiger partial charge in [-0.25, -0.2) is 9.89 Å². The zero-order valence-electron chi connectivity index (χ0n) is 44.8. The Bertz CT molecular complexity index is 4690. The number of terminal acetylenes is 2. The van der Waals surface area contributed by atoms with Crippen molar-refractivity contribution < 1.29 is 43.6 Å². The number of likely N-dealkylation sites (tertiary alicyclic amines) is 1. The Hall–Kier alpha value is -15.1. The van der Waals surface area contributed by atoms with E-state index in [2.05, 4.69) is 305 Å². The monoisotopic (exact) mass is 1120 g/mol. The number of hydrogen-bond donors (Lipinski definition) is 8. The van der Waals surface area contributed by atoms with Crippen LogP contribution >= 0.6 is 0 Å². The minimum Gasteiger partial charge on any atom is -0.486 e. The third-order valence-electron chi connectivity index (χ3n) is 10.6. The Morgan fingerprint density at radius 1 is 0.575 bits per heavy atom. The van der Waals surface area contributed by atoms with Crippen LogP contribution in [0.3, 0.4) is 0 Å². The second-order valence-corrected chi connectivity index (χ2v) is 15.7. The van der Waals surface area contributed by atoms with E-state index < -0.39 is 35.5 Å². The number of fused-ring (bicyclic) bond motifs is 1. The van der Waals surface area contributed by atoms with Crippen LogP contribution in [0.2, 0.25) is 0 Å². The molecule has 2 saturated heterocycles. The molecule has 0 aromatic heterocycles. The lowest BCUT2D eigenvalue weighted by atomic mass is 9.85. The van der Waals surface area contributed by atoms with Crippen LogP contribution in [-0.4, -0.2) is 105 Å². The number of nitrogens with zero attached hydrogens (tertiary/aromatic N) is 2. The number of hydrogen-bond acceptors (Lipinski definition) is 11. The molecular weight excluding hydrogens is 1090 g/mol. The summed E-state index contributed by atoms with van der Waals surface area (Å²) in [5, 5.41) is 31.8. The van der Waals surface area contributed by atoms with Gasteiger partial charge in [-0.1, -0.05) is 6.07 Å². The fraction of sp³-hybridized carbons (Fsp3) is 0.153. The van der Waals surface area contributed by atoms with Gasteiger partial charge in [-0.15, -0.1) is 12.8 Å². The van der Waals surface area contributed by atoms with Crippen LogP contribution in [0, 0.1) is 297 Å². The number of nitrogens with one attached hydrogen (secondary N) is 4. The first kappa shape index (κ1) is 62.7. The fourth-order valence-electron chi connectivity index (χ4n) is 7.35. The topological polar surface area (TPSA) is 218 Å². The summed E-state index contributed by atoms with van der Waals surface area (Å²) in [6, 6.07) is 2.04. The zero-order valence-corrected chi connectivity index (χ0v) is 44.8. The van der Waals surface area contributed by atoms with Crippen molar-refractivity contribution in [2.75, 3.05) is 26.3 Å². The Balaban J connectivity index is 0.000000328. The molecule has 2 fully saturated rings. The molecule has 1 aromatic carbocycles. The van der Waals surface area contributed by atoms with E-state index in [4.69, 9.17) is 33.8 Å². The quantitative estimate of drug-likeness (QED) is 0.0615. The Morgan fingerprint density at radius 2 is 0.920 bits per heavy atom. The van der Waals surface area contributed by atoms with Crippen LogP contribution in [0.5, 0.6) is 11.5 Å². The minimum atomic E-state index is -2.61. The zero-order chi connectivity index (χ0) is 62.1. The minimum absolute atomic E-state index is 0.0395. The molecule has 6 rings (SSSR count). The Morgan fingerprint density at radius 3 is 1.28 bits per heavy atom. The lowest BCUT2D eigenvalue weighted by Gasteiger charge is -2.41. The summed E-state index contributed by atoms with van der Waals surface area (Å²) in [4.78, 5) is 41.9. The van der Waals surface area contributed by atoms with Gasteiger partial charge in [0, 0.05) is 202 Å². The maximum Gasteiger partial charge on any atom is 0.347 e. The van der Waals surface area contributed by atoms with Crippen molar-refractivity contribution in [2.45, 2.75) is 42.4 Å². The molecule has 0 radical (unpaired) electrons. The molecule has 2 unspecified atom stereocenters. The molecule has 87 heavy (non-hydrogen) atoms. The fourth-order valence-corrected chi connectivity index (χ4v) is 7.35. The van der Waals surface area contributed by atoms with Gasteiger partial charge in [0.15, 0.2) is 17.5 Å². The van der Waals surface area contributed by atoms with Gasteiger partial charge in [-0.05, 0) is 107 Å². The highest BCUT2D eigenvalue weighted by Gasteiger charge is 2.78. The number of para-hydroxylation sites is 1. The number of imide groups is 1. The second-order valence-electron chi connectivity index (χ2n) is 15.7. The lowest BCUT2D eigenvalue weighted by Crippen LogP contribution is -2.92. The third-order valence-corrected chi connectivity index (χ3v) is 10.6. The van der Waals surface area contributed by atoms with Crippen LogP contribution in [-0.2, 0) is 9.59 Å². The third kappa shape index (κ3) is 19.9. The normalized spacial score (nSPS) is 15.6. The molecule has 5 aliphatic heterocycles. The molecular formula is C72H30N8O7+2. The first-order chi connectivity index (χ1) is 42.5. The van der Waals surface area contributed by atoms with E-state index in [0.29, 0.717) is 12.4 Å². The van der Waals surface area contributed by atoms with Gasteiger partial charge in [0.25, 0.3) is 17.4 Å². The smallest absolute Gasteiger partial charge is 0.347 e. The van der Waals surface area contributed by atoms with Crippen molar-refractivity contribution in [3.8, 4) is 309 Å². The van der Waals surface area contributed by atoms with E-state index >= 15 is 0 Å². The highest BCUT2D eigenvalue weighted by atomic mass is 16.6. The highest BCUT2D eigenvalue weighted by Crippen LogP contribution is 2.39. The summed E-state index contributed by atoms with van der Waals surface area (Å²) < 4.78 is 12.6. The van der Waals surface area contributed by atoms with Gasteiger partial charge in [0.1, 0.15) is 25.3 Å². The number of carbonyl (C=O) groups is 3. The largest absolute Gasteiger partial charge is 0.486 e. The van der Waals surface area contributed by atoms with Crippen molar-refractivity contribution in [1.82, 2.24) is 20.9 Å². The molecule has 0 saturated carbocycles. The van der Waals surface area contributed by atoms with Gasteiger partial charge in [-0.3, -0.25) is 41.1 Å². The number of benzene rings is 1. The second kappa shape index (κ2) is 35.4. The number of aliphatic hydroxyl groups is 2. The number of rotatable bonds is 4. The lowest BCUT2D eigenvalue weighted by molar-refractivity contribution is -0.674. The van der Waals surface area contributed by atoms with Gasteiger partial charge >= 0.3 is 11.9 Å². The average molecular weight is 1120 g/mol. The van der Waals surface area contributed by atoms with E-state index in [1.807, 2.05) is 0 Å². The van der Waals surface area contributed by atoms with Crippen LogP contribution < -0.4 is 41.9 Å². The van der Waals surface area contributed by atoms with E-state index in [1.165, 1.54) is 4.58 Å². The molecule has 5 aliphatic rings. The summed E-state index contributed by atoms with van der Waals surface area (Å²) in [7, 11) is 0. The molecule has 10 N–H and O–H groups in total. The molecule has 4 atom stereocenters. The van der Waals surface area contributed by atoms with Crippen LogP contribution in [0.15, 0.2) is 18.2 Å². The number of amides is 3. The van der Waals surface area contributed by atoms with Gasteiger partial charge in [0.2, 0.25) is 11.8 Å². The highest BCUT2D eigenvalue weighted by molar-refractivity contribution is 6.02. The molecule has 1 spiro atoms. The maximum absolute atomic E-state index is 13.3. The SMILES string of the molecule is C#CC#CC#CC#CC#CC#CC#CC#CC#CC#CC#CC#CC#CC#CC#CC#CC#CC#CC#CC#CC#CC#CC#CC#CC#C.NC1=[NH+][C@H]2[C@H](CN3C(=O)CCC3=O)NC(N)=[N+]3CC(NC(=O)c4cccc5c4OCCO5)C(O)(O)C23N1. The van der Waals surface area contributed by atoms with E-state index in [1.54, 1.807) is 18.2 Å². The molecule has 1 aromatic rings. The molecule has 0 aliphatic carbocycles. The predicted molar refractivity (Wildman–Crippen MR) is 319 cm³/mol. The molecule has 5 heterocycles. The number of ether oxygens (including phenoxy) is 2. The van der Waals surface area contributed by atoms with E-state index in [-0.39, 0.29) is 67.6 Å². The first-order valence-corrected chi connectivity index (χ1v) is 24.3. The Labute approximate surface area is 504 Å². The van der Waals surface area contributed by atoms with Crippen molar-refractivity contribution >= 4 is 29.6 Å². The molecule has 15 heteroatoms. The molecule has 15 nitrogen and oxygen atoms in total. The van der Waals surface area contributed by atoms with Gasteiger partial charge < -0.3 is 25.0 Å². The summed E-state index contributed by atoms with van der Waals surface area (Å²) >= 11 is 0. The summed E-state index contributed by atoms with van der Waals surface area (Å²) in [6.07, 6.45) is 10.1. The molecule has 398 valence electrons. The predicted octanol–water partition coefficient (Wildman–Crippen LogP) is -5.91. The number of carbonyl (C=O) groups excluding carboxylic acids is 3. The summed E-state index contributed by atoms with van der Waals surface area (Å²) in [5.41, 5.74) is 10.8. The Kier molecular flexibility index (Phi) is 25.5. The van der Waals surface area contributed by atoms with Crippen LogP contribution in [0.4, 0.5) is 0 Å². The maximum atomic E-state index is 13.3. The number of nitrogens with two attached hydrogens (primary N) is 2. The van der Waals surface area contributed by atoms with Crippen molar-refractivity contribution in [1.29, 1.82) is 0 Å². The van der Waals surface area contributed by atoms with Gasteiger partial charge in [0.05, 0.1) is 18.7 Å².